The summed E-state index contributed by atoms with van der Waals surface area (Å²) < 4.78 is 7.74. The first-order valence-corrected chi connectivity index (χ1v) is 9.04. The molecule has 0 radical (unpaired) electrons. The molecule has 0 aromatic carbocycles. The molecular weight excluding hydrogens is 316 g/mol. The van der Waals surface area contributed by atoms with Gasteiger partial charge in [-0.15, -0.1) is 10.2 Å². The molecule has 1 fully saturated rings. The minimum absolute atomic E-state index is 0.0184. The lowest BCUT2D eigenvalue weighted by molar-refractivity contribution is 0.134. The Balaban J connectivity index is 1.37. The summed E-state index contributed by atoms with van der Waals surface area (Å²) in [6.07, 6.45) is 5.95. The van der Waals surface area contributed by atoms with E-state index < -0.39 is 0 Å². The molecule has 0 atom stereocenters. The molecule has 1 saturated heterocycles. The van der Waals surface area contributed by atoms with E-state index in [2.05, 4.69) is 46.2 Å². The third-order valence-corrected chi connectivity index (χ3v) is 4.70. The summed E-state index contributed by atoms with van der Waals surface area (Å²) in [5.74, 6) is 1.22. The van der Waals surface area contributed by atoms with Crippen molar-refractivity contribution in [3.05, 3.63) is 30.2 Å². The van der Waals surface area contributed by atoms with E-state index in [4.69, 9.17) is 4.74 Å². The minimum atomic E-state index is 0.0184. The van der Waals surface area contributed by atoms with Crippen molar-refractivity contribution in [2.24, 2.45) is 5.92 Å². The van der Waals surface area contributed by atoms with Crippen molar-refractivity contribution < 1.29 is 4.74 Å². The fraction of sp³-hybridized carbons (Fsp3) is 0.667. The van der Waals surface area contributed by atoms with Crippen LogP contribution in [0.3, 0.4) is 0 Å². The van der Waals surface area contributed by atoms with E-state index in [1.165, 1.54) is 0 Å². The van der Waals surface area contributed by atoms with Crippen LogP contribution in [0.1, 0.15) is 39.3 Å². The molecule has 7 heteroatoms. The Labute approximate surface area is 149 Å². The van der Waals surface area contributed by atoms with E-state index >= 15 is 0 Å². The summed E-state index contributed by atoms with van der Waals surface area (Å²) in [5, 5.41) is 16.3. The number of ether oxygens (including phenoxy) is 1. The van der Waals surface area contributed by atoms with Gasteiger partial charge in [-0.05, 0) is 37.9 Å². The molecule has 0 bridgehead atoms. The Morgan fingerprint density at radius 1 is 1.12 bits per heavy atom. The van der Waals surface area contributed by atoms with Crippen molar-refractivity contribution in [2.45, 2.75) is 45.6 Å². The van der Waals surface area contributed by atoms with Crippen LogP contribution in [0.5, 0.6) is 5.88 Å². The van der Waals surface area contributed by atoms with Crippen LogP contribution in [0.25, 0.3) is 0 Å². The fourth-order valence-electron chi connectivity index (χ4n) is 2.97. The zero-order chi connectivity index (χ0) is 17.7. The molecule has 7 nitrogen and oxygen atoms in total. The minimum Gasteiger partial charge on any atom is -0.476 e. The van der Waals surface area contributed by atoms with Gasteiger partial charge in [0.05, 0.1) is 25.0 Å². The molecule has 0 aliphatic carbocycles. The summed E-state index contributed by atoms with van der Waals surface area (Å²) in [7, 11) is 0. The van der Waals surface area contributed by atoms with Crippen molar-refractivity contribution >= 4 is 0 Å². The molecule has 1 aliphatic rings. The van der Waals surface area contributed by atoms with Crippen LogP contribution in [-0.2, 0) is 12.0 Å². The van der Waals surface area contributed by atoms with Gasteiger partial charge >= 0.3 is 0 Å². The molecule has 0 amide bonds. The molecule has 2 aromatic rings. The van der Waals surface area contributed by atoms with Crippen LogP contribution < -0.4 is 4.74 Å². The van der Waals surface area contributed by atoms with Gasteiger partial charge in [0.2, 0.25) is 5.88 Å². The van der Waals surface area contributed by atoms with Gasteiger partial charge in [-0.1, -0.05) is 26.0 Å². The van der Waals surface area contributed by atoms with Crippen LogP contribution in [0.2, 0.25) is 0 Å². The first kappa shape index (κ1) is 17.8. The van der Waals surface area contributed by atoms with Crippen molar-refractivity contribution in [2.75, 3.05) is 26.2 Å². The van der Waals surface area contributed by atoms with Crippen molar-refractivity contribution in [3.63, 3.8) is 0 Å². The second-order valence-electron chi connectivity index (χ2n) is 7.77. The lowest BCUT2D eigenvalue weighted by Gasteiger charge is -2.31. The average Bonchev–Trinajstić information content (AvgIpc) is 3.12. The third-order valence-electron chi connectivity index (χ3n) is 4.70. The summed E-state index contributed by atoms with van der Waals surface area (Å²) in [4.78, 5) is 2.48. The number of rotatable bonds is 6. The summed E-state index contributed by atoms with van der Waals surface area (Å²) in [6, 6.07) is 3.94. The van der Waals surface area contributed by atoms with Gasteiger partial charge < -0.3 is 9.64 Å². The molecule has 1 aliphatic heterocycles. The highest BCUT2D eigenvalue weighted by Crippen LogP contribution is 2.21. The van der Waals surface area contributed by atoms with Gasteiger partial charge in [-0.25, -0.2) is 0 Å². The maximum atomic E-state index is 5.85. The smallest absolute Gasteiger partial charge is 0.233 e. The molecule has 2 aromatic heterocycles. The number of aromatic nitrogens is 5. The Morgan fingerprint density at radius 2 is 1.92 bits per heavy atom. The highest BCUT2D eigenvalue weighted by atomic mass is 16.5. The van der Waals surface area contributed by atoms with E-state index in [-0.39, 0.29) is 5.41 Å². The number of nitrogens with zero attached hydrogens (tertiary/aromatic N) is 6. The van der Waals surface area contributed by atoms with Crippen molar-refractivity contribution in [1.29, 1.82) is 0 Å². The normalized spacial score (nSPS) is 16.9. The molecule has 3 heterocycles. The Hall–Kier alpha value is -2.02. The van der Waals surface area contributed by atoms with Crippen molar-refractivity contribution in [3.8, 4) is 5.88 Å². The number of piperidine rings is 1. The first-order valence-electron chi connectivity index (χ1n) is 9.04. The molecule has 0 unspecified atom stereocenters. The van der Waals surface area contributed by atoms with E-state index in [0.29, 0.717) is 11.8 Å². The van der Waals surface area contributed by atoms with Gasteiger partial charge in [-0.2, -0.15) is 5.10 Å². The molecular formula is C18H28N6O. The van der Waals surface area contributed by atoms with Crippen molar-refractivity contribution in [1.82, 2.24) is 30.1 Å². The quantitative estimate of drug-likeness (QED) is 0.800. The van der Waals surface area contributed by atoms with Gasteiger partial charge in [0.1, 0.15) is 0 Å². The van der Waals surface area contributed by atoms with Crippen LogP contribution in [0.15, 0.2) is 24.5 Å². The Morgan fingerprint density at radius 3 is 2.52 bits per heavy atom. The van der Waals surface area contributed by atoms with E-state index in [0.717, 1.165) is 51.3 Å². The summed E-state index contributed by atoms with van der Waals surface area (Å²) in [5.41, 5.74) is 1.01. The maximum Gasteiger partial charge on any atom is 0.233 e. The van der Waals surface area contributed by atoms with Crippen LogP contribution in [0.4, 0.5) is 0 Å². The standard InChI is InChI=1S/C18H28N6O/c1-18(2,3)16-4-5-17(21-20-16)25-14-15-6-9-23(10-7-15)12-13-24-11-8-19-22-24/h4-5,8,11,15H,6-7,9-10,12-14H2,1-3H3. The lowest BCUT2D eigenvalue weighted by atomic mass is 9.92. The summed E-state index contributed by atoms with van der Waals surface area (Å²) in [6.45, 7) is 11.3. The van der Waals surface area contributed by atoms with Crippen LogP contribution in [-0.4, -0.2) is 56.3 Å². The number of hydrogen-bond acceptors (Lipinski definition) is 6. The molecule has 3 rings (SSSR count). The van der Waals surface area contributed by atoms with Crippen LogP contribution in [0, 0.1) is 5.92 Å². The van der Waals surface area contributed by atoms with Gasteiger partial charge in [0.15, 0.2) is 0 Å². The van der Waals surface area contributed by atoms with Crippen LogP contribution >= 0.6 is 0 Å². The van der Waals surface area contributed by atoms with E-state index in [9.17, 15) is 0 Å². The zero-order valence-electron chi connectivity index (χ0n) is 15.4. The Bertz CT molecular complexity index is 627. The second-order valence-corrected chi connectivity index (χ2v) is 7.77. The predicted molar refractivity (Wildman–Crippen MR) is 95.4 cm³/mol. The highest BCUT2D eigenvalue weighted by molar-refractivity contribution is 5.16. The molecule has 136 valence electrons. The van der Waals surface area contributed by atoms with E-state index in [1.807, 2.05) is 23.0 Å². The topological polar surface area (TPSA) is 69.0 Å². The largest absolute Gasteiger partial charge is 0.476 e. The lowest BCUT2D eigenvalue weighted by Crippen LogP contribution is -2.37. The second kappa shape index (κ2) is 7.91. The van der Waals surface area contributed by atoms with E-state index in [1.54, 1.807) is 6.20 Å². The molecule has 0 spiro atoms. The number of hydrogen-bond donors (Lipinski definition) is 0. The predicted octanol–water partition coefficient (Wildman–Crippen LogP) is 2.16. The zero-order valence-corrected chi connectivity index (χ0v) is 15.4. The fourth-order valence-corrected chi connectivity index (χ4v) is 2.97. The van der Waals surface area contributed by atoms with Gasteiger partial charge in [-0.3, -0.25) is 4.68 Å². The monoisotopic (exact) mass is 344 g/mol. The molecule has 0 N–H and O–H groups in total. The maximum absolute atomic E-state index is 5.85. The average molecular weight is 344 g/mol. The molecule has 0 saturated carbocycles. The molecule has 25 heavy (non-hydrogen) atoms. The number of likely N-dealkylation sites (tertiary alicyclic amines) is 1. The first-order chi connectivity index (χ1) is 12.0. The highest BCUT2D eigenvalue weighted by Gasteiger charge is 2.20. The third kappa shape index (κ3) is 5.22. The Kier molecular flexibility index (Phi) is 5.63. The SMILES string of the molecule is CC(C)(C)c1ccc(OCC2CCN(CCn3ccnn3)CC2)nn1. The summed E-state index contributed by atoms with van der Waals surface area (Å²) >= 11 is 0. The van der Waals surface area contributed by atoms with Gasteiger partial charge in [0, 0.05) is 24.2 Å². The van der Waals surface area contributed by atoms with Gasteiger partial charge in [0.25, 0.3) is 0 Å².